The number of para-hydroxylation sites is 2. The Morgan fingerprint density at radius 2 is 1.97 bits per heavy atom. The highest BCUT2D eigenvalue weighted by molar-refractivity contribution is 7.22. The number of amides is 1. The normalized spacial score (nSPS) is 15.0. The molecular weight excluding hydrogens is 445 g/mol. The first-order valence-corrected chi connectivity index (χ1v) is 10.9. The zero-order valence-electron chi connectivity index (χ0n) is 17.5. The van der Waals surface area contributed by atoms with E-state index in [0.717, 1.165) is 4.70 Å². The lowest BCUT2D eigenvalue weighted by Crippen LogP contribution is -2.44. The molecule has 3 aromatic carbocycles. The van der Waals surface area contributed by atoms with Crippen molar-refractivity contribution in [3.63, 3.8) is 0 Å². The maximum absolute atomic E-state index is 13.5. The molecule has 1 aliphatic heterocycles. The molecule has 2 heterocycles. The van der Waals surface area contributed by atoms with Gasteiger partial charge in [-0.2, -0.15) is 10.1 Å². The molecule has 0 bridgehead atoms. The van der Waals surface area contributed by atoms with Gasteiger partial charge in [0.1, 0.15) is 18.2 Å². The number of hydrogen-bond acceptors (Lipinski definition) is 7. The van der Waals surface area contributed by atoms with Crippen LogP contribution in [0.2, 0.25) is 0 Å². The number of ether oxygens (including phenoxy) is 3. The molecule has 7 nitrogen and oxygen atoms in total. The number of nitrogens with zero attached hydrogens (tertiary/aromatic N) is 3. The van der Waals surface area contributed by atoms with E-state index in [1.54, 1.807) is 43.5 Å². The lowest BCUT2D eigenvalue weighted by atomic mass is 10.2. The molecular formula is C24H18FN3O4S. The number of hydrogen-bond donors (Lipinski definition) is 0. The molecule has 1 amide bonds. The van der Waals surface area contributed by atoms with E-state index in [0.29, 0.717) is 33.5 Å². The Morgan fingerprint density at radius 3 is 2.76 bits per heavy atom. The van der Waals surface area contributed by atoms with Crippen molar-refractivity contribution in [1.29, 1.82) is 0 Å². The lowest BCUT2D eigenvalue weighted by molar-refractivity contribution is -0.127. The van der Waals surface area contributed by atoms with E-state index in [-0.39, 0.29) is 12.4 Å². The molecule has 0 N–H and O–H groups in total. The Morgan fingerprint density at radius 1 is 1.18 bits per heavy atom. The summed E-state index contributed by atoms with van der Waals surface area (Å²) < 4.78 is 31.0. The highest BCUT2D eigenvalue weighted by Crippen LogP contribution is 2.34. The van der Waals surface area contributed by atoms with Gasteiger partial charge in [-0.05, 0) is 48.0 Å². The predicted molar refractivity (Wildman–Crippen MR) is 124 cm³/mol. The zero-order valence-corrected chi connectivity index (χ0v) is 18.3. The van der Waals surface area contributed by atoms with Crippen molar-refractivity contribution in [3.8, 4) is 17.2 Å². The topological polar surface area (TPSA) is 73.2 Å². The molecule has 5 rings (SSSR count). The van der Waals surface area contributed by atoms with Crippen LogP contribution in [0.4, 0.5) is 9.52 Å². The third-order valence-corrected chi connectivity index (χ3v) is 5.94. The van der Waals surface area contributed by atoms with Crippen molar-refractivity contribution in [2.75, 3.05) is 18.7 Å². The summed E-state index contributed by atoms with van der Waals surface area (Å²) in [6.07, 6.45) is 0.563. The van der Waals surface area contributed by atoms with Gasteiger partial charge in [0, 0.05) is 0 Å². The Kier molecular flexibility index (Phi) is 5.62. The molecule has 33 heavy (non-hydrogen) atoms. The summed E-state index contributed by atoms with van der Waals surface area (Å²) >= 11 is 1.29. The molecule has 1 aromatic heterocycles. The Bertz CT molecular complexity index is 1340. The molecule has 1 aliphatic rings. The predicted octanol–water partition coefficient (Wildman–Crippen LogP) is 4.65. The lowest BCUT2D eigenvalue weighted by Gasteiger charge is -2.27. The van der Waals surface area contributed by atoms with E-state index in [9.17, 15) is 9.18 Å². The Hall–Kier alpha value is -3.98. The molecule has 0 spiro atoms. The summed E-state index contributed by atoms with van der Waals surface area (Å²) in [5.74, 6) is 0.958. The van der Waals surface area contributed by atoms with Crippen molar-refractivity contribution in [2.24, 2.45) is 5.10 Å². The summed E-state index contributed by atoms with van der Waals surface area (Å²) in [4.78, 5) is 18.0. The van der Waals surface area contributed by atoms with Crippen LogP contribution < -0.4 is 19.2 Å². The van der Waals surface area contributed by atoms with Gasteiger partial charge in [0.05, 0.1) is 23.5 Å². The number of hydrazone groups is 1. The molecule has 9 heteroatoms. The molecule has 0 aliphatic carbocycles. The third kappa shape index (κ3) is 4.35. The maximum atomic E-state index is 13.5. The van der Waals surface area contributed by atoms with Crippen LogP contribution in [-0.4, -0.2) is 36.9 Å². The van der Waals surface area contributed by atoms with Gasteiger partial charge in [-0.3, -0.25) is 4.79 Å². The number of rotatable bonds is 5. The van der Waals surface area contributed by atoms with E-state index in [2.05, 4.69) is 10.1 Å². The minimum absolute atomic E-state index is 0.0388. The van der Waals surface area contributed by atoms with Gasteiger partial charge in [0.15, 0.2) is 11.5 Å². The smallest absolute Gasteiger partial charge is 0.294 e. The fraction of sp³-hybridized carbons (Fsp3) is 0.125. The quantitative estimate of drug-likeness (QED) is 0.318. The largest absolute Gasteiger partial charge is 0.497 e. The van der Waals surface area contributed by atoms with Crippen LogP contribution >= 0.6 is 11.3 Å². The van der Waals surface area contributed by atoms with Gasteiger partial charge >= 0.3 is 0 Å². The zero-order chi connectivity index (χ0) is 22.8. The molecule has 166 valence electrons. The van der Waals surface area contributed by atoms with Crippen molar-refractivity contribution < 1.29 is 23.4 Å². The number of methoxy groups -OCH3 is 1. The van der Waals surface area contributed by atoms with Crippen molar-refractivity contribution in [3.05, 3.63) is 78.1 Å². The Labute approximate surface area is 192 Å². The van der Waals surface area contributed by atoms with Crippen LogP contribution in [0.5, 0.6) is 17.2 Å². The maximum Gasteiger partial charge on any atom is 0.294 e. The average Bonchev–Trinajstić information content (AvgIpc) is 3.27. The number of carbonyl (C=O) groups excluding carboxylic acids is 1. The second-order valence-electron chi connectivity index (χ2n) is 7.14. The highest BCUT2D eigenvalue weighted by Gasteiger charge is 2.33. The van der Waals surface area contributed by atoms with Gasteiger partial charge in [-0.15, -0.1) is 0 Å². The number of halogens is 1. The van der Waals surface area contributed by atoms with Crippen LogP contribution in [0.25, 0.3) is 10.2 Å². The summed E-state index contributed by atoms with van der Waals surface area (Å²) in [6.45, 7) is 0.0388. The first-order chi connectivity index (χ1) is 16.1. The van der Waals surface area contributed by atoms with Gasteiger partial charge in [0.2, 0.25) is 11.2 Å². The minimum Gasteiger partial charge on any atom is -0.497 e. The Balaban J connectivity index is 1.49. The van der Waals surface area contributed by atoms with Crippen LogP contribution in [0.3, 0.4) is 0 Å². The number of fused-ring (bicyclic) bond motifs is 2. The minimum atomic E-state index is -0.910. The fourth-order valence-electron chi connectivity index (χ4n) is 3.26. The first kappa shape index (κ1) is 20.9. The number of thiazole rings is 1. The monoisotopic (exact) mass is 463 g/mol. The summed E-state index contributed by atoms with van der Waals surface area (Å²) in [7, 11) is 1.59. The molecule has 4 aromatic rings. The van der Waals surface area contributed by atoms with Crippen LogP contribution in [0.1, 0.15) is 5.56 Å². The van der Waals surface area contributed by atoms with E-state index < -0.39 is 12.0 Å². The first-order valence-electron chi connectivity index (χ1n) is 10.1. The molecule has 0 fully saturated rings. The van der Waals surface area contributed by atoms with Gasteiger partial charge in [-0.25, -0.2) is 9.37 Å². The molecule has 0 saturated heterocycles. The standard InChI is InChI=1S/C24H18FN3O4S/c1-30-17-10-11-18-22(12-17)33-24(27-18)28(26-13-15-6-8-16(25)9-7-15)23(29)21-14-31-19-4-2-3-5-20(19)32-21/h2-13,21H,14H2,1H3/b26-13+. The molecule has 1 unspecified atom stereocenters. The van der Waals surface area contributed by atoms with Crippen LogP contribution in [-0.2, 0) is 4.79 Å². The SMILES string of the molecule is COc1ccc2nc(N(/N=C/c3ccc(F)cc3)C(=O)C3COc4ccccc4O3)sc2c1. The summed E-state index contributed by atoms with van der Waals surface area (Å²) in [5, 5.41) is 5.94. The van der Waals surface area contributed by atoms with Gasteiger partial charge < -0.3 is 14.2 Å². The average molecular weight is 463 g/mol. The highest BCUT2D eigenvalue weighted by atomic mass is 32.1. The van der Waals surface area contributed by atoms with Crippen molar-refractivity contribution in [1.82, 2.24) is 4.98 Å². The number of anilines is 1. The third-order valence-electron chi connectivity index (χ3n) is 4.95. The van der Waals surface area contributed by atoms with Crippen LogP contribution in [0, 0.1) is 5.82 Å². The molecule has 0 saturated carbocycles. The summed E-state index contributed by atoms with van der Waals surface area (Å²) in [5.41, 5.74) is 1.33. The second kappa shape index (κ2) is 8.87. The van der Waals surface area contributed by atoms with Crippen molar-refractivity contribution >= 4 is 38.8 Å². The van der Waals surface area contributed by atoms with E-state index in [1.165, 1.54) is 34.7 Å². The molecule has 1 atom stereocenters. The van der Waals surface area contributed by atoms with Gasteiger partial charge in [0.25, 0.3) is 5.91 Å². The van der Waals surface area contributed by atoms with E-state index in [1.807, 2.05) is 18.2 Å². The summed E-state index contributed by atoms with van der Waals surface area (Å²) in [6, 6.07) is 18.4. The van der Waals surface area contributed by atoms with E-state index in [4.69, 9.17) is 14.2 Å². The van der Waals surface area contributed by atoms with E-state index >= 15 is 0 Å². The van der Waals surface area contributed by atoms with Gasteiger partial charge in [-0.1, -0.05) is 35.6 Å². The molecule has 0 radical (unpaired) electrons. The number of carbonyl (C=O) groups is 1. The van der Waals surface area contributed by atoms with Crippen molar-refractivity contribution in [2.45, 2.75) is 6.10 Å². The number of benzene rings is 3. The van der Waals surface area contributed by atoms with Crippen LogP contribution in [0.15, 0.2) is 71.8 Å². The fourth-order valence-corrected chi connectivity index (χ4v) is 4.22. The second-order valence-corrected chi connectivity index (χ2v) is 8.15. The number of aromatic nitrogens is 1.